The number of pyridine rings is 1. The number of aliphatic hydroxyl groups is 1. The molecule has 0 spiro atoms. The summed E-state index contributed by atoms with van der Waals surface area (Å²) in [6.45, 7) is 18.0. The van der Waals surface area contributed by atoms with E-state index >= 15 is 0 Å². The molecule has 0 aliphatic heterocycles. The van der Waals surface area contributed by atoms with Crippen LogP contribution in [0.3, 0.4) is 0 Å². The highest BCUT2D eigenvalue weighted by molar-refractivity contribution is 5.92. The fourth-order valence-electron chi connectivity index (χ4n) is 2.28. The van der Waals surface area contributed by atoms with Gasteiger partial charge in [0.15, 0.2) is 11.5 Å². The number of nitrogens with zero attached hydrogens (tertiary/aromatic N) is 1. The minimum atomic E-state index is -0.528. The van der Waals surface area contributed by atoms with Crippen molar-refractivity contribution in [3.05, 3.63) is 73.7 Å². The van der Waals surface area contributed by atoms with Gasteiger partial charge in [0.2, 0.25) is 11.8 Å². The van der Waals surface area contributed by atoms with Gasteiger partial charge in [0.05, 0.1) is 18.9 Å². The number of aromatic nitrogens is 1. The molecule has 0 saturated heterocycles. The van der Waals surface area contributed by atoms with Crippen LogP contribution < -0.4 is 20.5 Å². The molecule has 4 N–H and O–H groups in total. The van der Waals surface area contributed by atoms with E-state index in [4.69, 9.17) is 25.1 Å². The van der Waals surface area contributed by atoms with Crippen LogP contribution >= 0.6 is 0 Å². The molecule has 0 saturated carbocycles. The van der Waals surface area contributed by atoms with Gasteiger partial charge in [0.1, 0.15) is 0 Å². The number of carbonyl (C=O) groups excluding carboxylic acids is 1. The van der Waals surface area contributed by atoms with Gasteiger partial charge >= 0.3 is 0 Å². The molecule has 0 bridgehead atoms. The van der Waals surface area contributed by atoms with Crippen molar-refractivity contribution in [1.29, 1.82) is 0 Å². The number of carbonyl (C=O) groups is 1. The lowest BCUT2D eigenvalue weighted by atomic mass is 10.2. The van der Waals surface area contributed by atoms with E-state index in [0.717, 1.165) is 44.5 Å². The van der Waals surface area contributed by atoms with Crippen LogP contribution in [0.1, 0.15) is 43.1 Å². The number of nitrogens with one attached hydrogen (secondary N) is 1. The van der Waals surface area contributed by atoms with Crippen LogP contribution in [0.2, 0.25) is 0 Å². The number of ether oxygens (including phenoxy) is 3. The van der Waals surface area contributed by atoms with E-state index < -0.39 is 5.91 Å². The minimum Gasteiger partial charge on any atom is -0.516 e. The molecule has 0 unspecified atom stereocenters. The summed E-state index contributed by atoms with van der Waals surface area (Å²) in [6, 6.07) is 8.87. The summed E-state index contributed by atoms with van der Waals surface area (Å²) in [5.41, 5.74) is 6.61. The lowest BCUT2D eigenvalue weighted by Crippen LogP contribution is -2.16. The van der Waals surface area contributed by atoms with Gasteiger partial charge in [-0.2, -0.15) is 0 Å². The van der Waals surface area contributed by atoms with Gasteiger partial charge < -0.3 is 30.4 Å². The quantitative estimate of drug-likeness (QED) is 0.245. The van der Waals surface area contributed by atoms with Gasteiger partial charge in [-0.25, -0.2) is 4.98 Å². The molecule has 0 radical (unpaired) electrons. The molecule has 2 rings (SSSR count). The normalized spacial score (nSPS) is 8.97. The van der Waals surface area contributed by atoms with Crippen molar-refractivity contribution in [2.75, 3.05) is 26.9 Å². The molecule has 0 aliphatic carbocycles. The SMILES string of the molecule is C=C.C=CO.CC.CCOCCCNCc1ccc(Oc2ccc(C(N)=O)cn2)c(OC)c1. The Bertz CT molecular complexity index is 767. The molecule has 1 heterocycles. The second-order valence-corrected chi connectivity index (χ2v) is 5.75. The Balaban J connectivity index is 0. The van der Waals surface area contributed by atoms with Crippen LogP contribution in [-0.4, -0.2) is 42.9 Å². The number of nitrogens with two attached hydrogens (primary N) is 1. The third kappa shape index (κ3) is 14.3. The van der Waals surface area contributed by atoms with Gasteiger partial charge in [0.25, 0.3) is 0 Å². The molecule has 1 aromatic heterocycles. The van der Waals surface area contributed by atoms with Crippen molar-refractivity contribution in [2.24, 2.45) is 5.73 Å². The van der Waals surface area contributed by atoms with Crippen LogP contribution in [0, 0.1) is 0 Å². The average Bonchev–Trinajstić information content (AvgIpc) is 2.85. The number of hydrogen-bond acceptors (Lipinski definition) is 7. The highest BCUT2D eigenvalue weighted by atomic mass is 16.5. The fourth-order valence-corrected chi connectivity index (χ4v) is 2.28. The first-order valence-electron chi connectivity index (χ1n) is 10.7. The third-order valence-corrected chi connectivity index (χ3v) is 3.64. The number of methoxy groups -OCH3 is 1. The van der Waals surface area contributed by atoms with Crippen LogP contribution in [0.4, 0.5) is 0 Å². The molecular formula is C25H39N3O5. The summed E-state index contributed by atoms with van der Waals surface area (Å²) in [5, 5.41) is 10.7. The number of aliphatic hydroxyl groups excluding tert-OH is 1. The maximum Gasteiger partial charge on any atom is 0.250 e. The first kappa shape index (κ1) is 31.8. The van der Waals surface area contributed by atoms with Crippen LogP contribution in [0.15, 0.2) is 62.5 Å². The molecule has 184 valence electrons. The maximum atomic E-state index is 11.1. The van der Waals surface area contributed by atoms with Gasteiger partial charge in [-0.05, 0) is 43.7 Å². The second kappa shape index (κ2) is 21.9. The highest BCUT2D eigenvalue weighted by Crippen LogP contribution is 2.31. The monoisotopic (exact) mass is 461 g/mol. The Labute approximate surface area is 198 Å². The van der Waals surface area contributed by atoms with Crippen molar-refractivity contribution in [3.8, 4) is 17.4 Å². The number of primary amides is 1. The zero-order chi connectivity index (χ0) is 25.5. The standard InChI is InChI=1S/C19H25N3O4.C2H4O.C2H6.C2H4/c1-3-25-10-4-9-21-12-14-5-7-16(17(11-14)24-2)26-18-8-6-15(13-22-18)19(20)23;1-2-3;2*1-2/h5-8,11,13,21H,3-4,9-10,12H2,1-2H3,(H2,20,23);2-3H,1H2;1-2H3;1-2H2. The van der Waals surface area contributed by atoms with E-state index in [0.29, 0.717) is 22.9 Å². The second-order valence-electron chi connectivity index (χ2n) is 5.75. The molecule has 8 nitrogen and oxygen atoms in total. The van der Waals surface area contributed by atoms with Gasteiger partial charge in [0, 0.05) is 32.0 Å². The first-order valence-corrected chi connectivity index (χ1v) is 10.7. The molecule has 2 aromatic rings. The van der Waals surface area contributed by atoms with Crippen molar-refractivity contribution >= 4 is 5.91 Å². The summed E-state index contributed by atoms with van der Waals surface area (Å²) < 4.78 is 16.4. The summed E-state index contributed by atoms with van der Waals surface area (Å²) in [7, 11) is 1.59. The largest absolute Gasteiger partial charge is 0.516 e. The summed E-state index contributed by atoms with van der Waals surface area (Å²) in [6.07, 6.45) is 3.10. The molecular weight excluding hydrogens is 422 g/mol. The van der Waals surface area contributed by atoms with Crippen molar-refractivity contribution in [1.82, 2.24) is 10.3 Å². The average molecular weight is 462 g/mol. The molecule has 8 heteroatoms. The highest BCUT2D eigenvalue weighted by Gasteiger charge is 2.09. The van der Waals surface area contributed by atoms with E-state index in [9.17, 15) is 4.79 Å². The zero-order valence-electron chi connectivity index (χ0n) is 20.3. The predicted molar refractivity (Wildman–Crippen MR) is 134 cm³/mol. The molecule has 1 aromatic carbocycles. The lowest BCUT2D eigenvalue weighted by Gasteiger charge is -2.12. The molecule has 0 fully saturated rings. The fraction of sp³-hybridized carbons (Fsp3) is 0.360. The molecule has 33 heavy (non-hydrogen) atoms. The first-order chi connectivity index (χ1) is 16.0. The van der Waals surface area contributed by atoms with Gasteiger partial charge in [-0.3, -0.25) is 4.79 Å². The molecule has 0 atom stereocenters. The Kier molecular flexibility index (Phi) is 21.1. The Morgan fingerprint density at radius 1 is 1.21 bits per heavy atom. The zero-order valence-corrected chi connectivity index (χ0v) is 20.3. The third-order valence-electron chi connectivity index (χ3n) is 3.64. The van der Waals surface area contributed by atoms with Crippen LogP contribution in [0.25, 0.3) is 0 Å². The summed E-state index contributed by atoms with van der Waals surface area (Å²) in [4.78, 5) is 15.2. The Morgan fingerprint density at radius 3 is 2.39 bits per heavy atom. The number of rotatable bonds is 11. The van der Waals surface area contributed by atoms with Gasteiger partial charge in [-0.1, -0.05) is 26.5 Å². The van der Waals surface area contributed by atoms with Crippen LogP contribution in [-0.2, 0) is 11.3 Å². The van der Waals surface area contributed by atoms with Gasteiger partial charge in [-0.15, -0.1) is 13.2 Å². The van der Waals surface area contributed by atoms with Crippen molar-refractivity contribution < 1.29 is 24.1 Å². The molecule has 1 amide bonds. The minimum absolute atomic E-state index is 0.329. The topological polar surface area (TPSA) is 116 Å². The predicted octanol–water partition coefficient (Wildman–Crippen LogP) is 5.01. The molecule has 0 aliphatic rings. The summed E-state index contributed by atoms with van der Waals surface area (Å²) >= 11 is 0. The summed E-state index contributed by atoms with van der Waals surface area (Å²) in [5.74, 6) is 0.987. The van der Waals surface area contributed by atoms with E-state index in [2.05, 4.69) is 30.0 Å². The van der Waals surface area contributed by atoms with E-state index in [1.807, 2.05) is 39.0 Å². The lowest BCUT2D eigenvalue weighted by molar-refractivity contribution is 0.1000. The number of amides is 1. The van der Waals surface area contributed by atoms with Crippen LogP contribution in [0.5, 0.6) is 17.4 Å². The Hall–Kier alpha value is -3.36. The number of benzene rings is 1. The van der Waals surface area contributed by atoms with E-state index in [1.165, 1.54) is 6.20 Å². The smallest absolute Gasteiger partial charge is 0.250 e. The Morgan fingerprint density at radius 2 is 1.88 bits per heavy atom. The van der Waals surface area contributed by atoms with Crippen molar-refractivity contribution in [2.45, 2.75) is 33.7 Å². The van der Waals surface area contributed by atoms with E-state index in [1.54, 1.807) is 19.2 Å². The maximum absolute atomic E-state index is 11.1. The van der Waals surface area contributed by atoms with Crippen molar-refractivity contribution in [3.63, 3.8) is 0 Å². The number of hydrogen-bond donors (Lipinski definition) is 3. The van der Waals surface area contributed by atoms with E-state index in [-0.39, 0.29) is 0 Å².